The second-order valence-electron chi connectivity index (χ2n) is 4.11. The van der Waals surface area contributed by atoms with Gasteiger partial charge in [0.15, 0.2) is 17.7 Å². The molecular weight excluding hydrogens is 217 g/mol. The van der Waals surface area contributed by atoms with Crippen LogP contribution in [-0.4, -0.2) is 12.6 Å². The fourth-order valence-electron chi connectivity index (χ4n) is 1.35. The average Bonchev–Trinajstić information content (AvgIpc) is 2.21. The normalized spacial score (nSPS) is 11.5. The highest BCUT2D eigenvalue weighted by Gasteiger charge is 2.12. The van der Waals surface area contributed by atoms with Gasteiger partial charge in [-0.25, -0.2) is 11.0 Å². The molecule has 1 atom stereocenters. The van der Waals surface area contributed by atoms with E-state index in [2.05, 4.69) is 4.85 Å². The monoisotopic (exact) mass is 237 g/mol. The van der Waals surface area contributed by atoms with E-state index in [4.69, 9.17) is 11.3 Å². The first-order valence-electron chi connectivity index (χ1n) is 5.34. The van der Waals surface area contributed by atoms with Crippen LogP contribution >= 0.6 is 0 Å². The van der Waals surface area contributed by atoms with Crippen LogP contribution in [0.4, 0.5) is 4.39 Å². The summed E-state index contributed by atoms with van der Waals surface area (Å²) in [6, 6.07) is 4.88. The molecule has 0 N–H and O–H groups in total. The van der Waals surface area contributed by atoms with E-state index < -0.39 is 0 Å². The molecule has 0 heterocycles. The van der Waals surface area contributed by atoms with Crippen LogP contribution < -0.4 is 4.74 Å². The van der Waals surface area contributed by atoms with Crippen molar-refractivity contribution in [1.82, 2.24) is 0 Å². The Morgan fingerprint density at radius 3 is 2.53 bits per heavy atom. The first-order valence-corrected chi connectivity index (χ1v) is 5.34. The van der Waals surface area contributed by atoms with Crippen LogP contribution in [0.15, 0.2) is 18.2 Å². The molecule has 0 aromatic heterocycles. The van der Waals surface area contributed by atoms with E-state index >= 15 is 0 Å². The molecule has 0 fully saturated rings. The van der Waals surface area contributed by atoms with Crippen LogP contribution in [0.1, 0.15) is 39.7 Å². The third kappa shape index (κ3) is 4.44. The molecule has 0 aliphatic heterocycles. The van der Waals surface area contributed by atoms with Crippen molar-refractivity contribution >= 4 is 0 Å². The first kappa shape index (κ1) is 15.4. The summed E-state index contributed by atoms with van der Waals surface area (Å²) < 4.78 is 18.8. The lowest BCUT2D eigenvalue weighted by atomic mass is 10.0. The lowest BCUT2D eigenvalue weighted by Gasteiger charge is -2.13. The zero-order valence-electron chi connectivity index (χ0n) is 9.83. The molecule has 0 aliphatic rings. The van der Waals surface area contributed by atoms with Crippen molar-refractivity contribution in [2.75, 3.05) is 6.54 Å². The van der Waals surface area contributed by atoms with E-state index in [1.165, 1.54) is 6.07 Å². The quantitative estimate of drug-likeness (QED) is 0.713. The first-order chi connectivity index (χ1) is 7.54. The van der Waals surface area contributed by atoms with Gasteiger partial charge in [0.05, 0.1) is 0 Å². The van der Waals surface area contributed by atoms with Gasteiger partial charge in [0.1, 0.15) is 0 Å². The molecule has 17 heavy (non-hydrogen) atoms. The Bertz CT molecular complexity index is 396. The highest BCUT2D eigenvalue weighted by Crippen LogP contribution is 2.24. The second kappa shape index (κ2) is 6.90. The minimum absolute atomic E-state index is 0. The zero-order valence-corrected chi connectivity index (χ0v) is 9.83. The lowest BCUT2D eigenvalue weighted by Crippen LogP contribution is -2.15. The number of rotatable bonds is 4. The maximum atomic E-state index is 13.4. The predicted molar refractivity (Wildman–Crippen MR) is 68.8 cm³/mol. The minimum atomic E-state index is -0.374. The molecule has 2 nitrogen and oxygen atoms in total. The summed E-state index contributed by atoms with van der Waals surface area (Å²) in [5.74, 6) is 0.197. The van der Waals surface area contributed by atoms with E-state index in [0.29, 0.717) is 5.92 Å². The Morgan fingerprint density at radius 1 is 1.35 bits per heavy atom. The van der Waals surface area contributed by atoms with Gasteiger partial charge in [-0.3, -0.25) is 0 Å². The SMILES string of the molecule is C.[C-]#[N+]CC(C)Oc1cc(C(C)C)ccc1F. The third-order valence-electron chi connectivity index (χ3n) is 2.30. The van der Waals surface area contributed by atoms with Crippen LogP contribution in [-0.2, 0) is 0 Å². The van der Waals surface area contributed by atoms with Crippen LogP contribution in [0.5, 0.6) is 5.75 Å². The minimum Gasteiger partial charge on any atom is -0.480 e. The number of hydrogen-bond donors (Lipinski definition) is 0. The van der Waals surface area contributed by atoms with E-state index in [-0.39, 0.29) is 31.6 Å². The summed E-state index contributed by atoms with van der Waals surface area (Å²) in [7, 11) is 0. The molecule has 0 radical (unpaired) electrons. The average molecular weight is 237 g/mol. The van der Waals surface area contributed by atoms with E-state index in [0.717, 1.165) is 5.56 Å². The lowest BCUT2D eigenvalue weighted by molar-refractivity contribution is 0.227. The van der Waals surface area contributed by atoms with Gasteiger partial charge in [0.25, 0.3) is 6.54 Å². The van der Waals surface area contributed by atoms with Crippen LogP contribution in [0.25, 0.3) is 4.85 Å². The summed E-state index contributed by atoms with van der Waals surface area (Å²) in [6.07, 6.45) is -0.283. The molecule has 3 heteroatoms. The highest BCUT2D eigenvalue weighted by molar-refractivity contribution is 5.32. The Hall–Kier alpha value is -1.56. The molecule has 94 valence electrons. The van der Waals surface area contributed by atoms with Gasteiger partial charge < -0.3 is 9.58 Å². The van der Waals surface area contributed by atoms with Gasteiger partial charge in [-0.1, -0.05) is 27.3 Å². The van der Waals surface area contributed by atoms with Gasteiger partial charge >= 0.3 is 0 Å². The molecule has 0 bridgehead atoms. The van der Waals surface area contributed by atoms with Crippen LogP contribution in [0.2, 0.25) is 0 Å². The number of ether oxygens (including phenoxy) is 1. The Labute approximate surface area is 103 Å². The summed E-state index contributed by atoms with van der Waals surface area (Å²) >= 11 is 0. The van der Waals surface area contributed by atoms with Crippen LogP contribution in [0.3, 0.4) is 0 Å². The van der Waals surface area contributed by atoms with Crippen molar-refractivity contribution in [3.63, 3.8) is 0 Å². The molecule has 1 aromatic carbocycles. The molecular formula is C14H20FNO. The number of halogens is 1. The van der Waals surface area contributed by atoms with Gasteiger partial charge in [-0.15, -0.1) is 0 Å². The summed E-state index contributed by atoms with van der Waals surface area (Å²) in [5.41, 5.74) is 1.03. The summed E-state index contributed by atoms with van der Waals surface area (Å²) in [4.78, 5) is 3.22. The highest BCUT2D eigenvalue weighted by atomic mass is 19.1. The standard InChI is InChI=1S/C13H16FNO.CH4/c1-9(2)11-5-6-12(14)13(7-11)16-10(3)8-15-4;/h5-7,9-10H,8H2,1-3H3;1H4. The van der Waals surface area contributed by atoms with Crippen molar-refractivity contribution in [2.45, 2.75) is 40.2 Å². The smallest absolute Gasteiger partial charge is 0.250 e. The topological polar surface area (TPSA) is 13.6 Å². The summed E-state index contributed by atoms with van der Waals surface area (Å²) in [5, 5.41) is 0. The van der Waals surface area contributed by atoms with Crippen LogP contribution in [0, 0.1) is 12.4 Å². The molecule has 0 aliphatic carbocycles. The Morgan fingerprint density at radius 2 is 2.00 bits per heavy atom. The van der Waals surface area contributed by atoms with E-state index in [1.807, 2.05) is 13.8 Å². The largest absolute Gasteiger partial charge is 0.480 e. The number of hydrogen-bond acceptors (Lipinski definition) is 1. The van der Waals surface area contributed by atoms with E-state index in [9.17, 15) is 4.39 Å². The molecule has 0 saturated heterocycles. The van der Waals surface area contributed by atoms with Crippen molar-refractivity contribution in [3.05, 3.63) is 41.0 Å². The second-order valence-corrected chi connectivity index (χ2v) is 4.11. The van der Waals surface area contributed by atoms with Crippen molar-refractivity contribution < 1.29 is 9.13 Å². The molecule has 1 rings (SSSR count). The number of benzene rings is 1. The molecule has 0 amide bonds. The maximum Gasteiger partial charge on any atom is 0.250 e. The van der Waals surface area contributed by atoms with Crippen molar-refractivity contribution in [2.24, 2.45) is 0 Å². The zero-order chi connectivity index (χ0) is 12.1. The van der Waals surface area contributed by atoms with Gasteiger partial charge in [-0.05, 0) is 30.5 Å². The molecule has 0 spiro atoms. The molecule has 1 aromatic rings. The fraction of sp³-hybridized carbons (Fsp3) is 0.500. The maximum absolute atomic E-state index is 13.4. The molecule has 0 saturated carbocycles. The Balaban J connectivity index is 0.00000256. The van der Waals surface area contributed by atoms with Crippen molar-refractivity contribution in [1.29, 1.82) is 0 Å². The number of nitrogens with zero attached hydrogens (tertiary/aromatic N) is 1. The van der Waals surface area contributed by atoms with Crippen molar-refractivity contribution in [3.8, 4) is 5.75 Å². The molecule has 1 unspecified atom stereocenters. The fourth-order valence-corrected chi connectivity index (χ4v) is 1.35. The Kier molecular flexibility index (Phi) is 6.27. The van der Waals surface area contributed by atoms with Gasteiger partial charge in [0.2, 0.25) is 0 Å². The third-order valence-corrected chi connectivity index (χ3v) is 2.30. The predicted octanol–water partition coefficient (Wildman–Crippen LogP) is 4.27. The van der Waals surface area contributed by atoms with Gasteiger partial charge in [-0.2, -0.15) is 0 Å². The summed E-state index contributed by atoms with van der Waals surface area (Å²) in [6.45, 7) is 12.8. The van der Waals surface area contributed by atoms with E-state index in [1.54, 1.807) is 19.1 Å². The van der Waals surface area contributed by atoms with Gasteiger partial charge in [0, 0.05) is 0 Å².